The van der Waals surface area contributed by atoms with E-state index in [0.717, 1.165) is 24.8 Å². The lowest BCUT2D eigenvalue weighted by atomic mass is 9.69. The first-order valence-corrected chi connectivity index (χ1v) is 9.20. The summed E-state index contributed by atoms with van der Waals surface area (Å²) >= 11 is 0. The Hall–Kier alpha value is -2.14. The van der Waals surface area contributed by atoms with E-state index >= 15 is 0 Å². The highest BCUT2D eigenvalue weighted by atomic mass is 16.3. The number of piperidine rings is 1. The Kier molecular flexibility index (Phi) is 5.23. The predicted molar refractivity (Wildman–Crippen MR) is 97.1 cm³/mol. The van der Waals surface area contributed by atoms with Crippen molar-refractivity contribution in [3.05, 3.63) is 53.9 Å². The van der Waals surface area contributed by atoms with Crippen molar-refractivity contribution >= 4 is 5.91 Å². The summed E-state index contributed by atoms with van der Waals surface area (Å²) in [6.45, 7) is 4.77. The van der Waals surface area contributed by atoms with Crippen LogP contribution in [-0.4, -0.2) is 38.7 Å². The van der Waals surface area contributed by atoms with Gasteiger partial charge in [0, 0.05) is 24.7 Å². The van der Waals surface area contributed by atoms with E-state index in [1.165, 1.54) is 0 Å². The van der Waals surface area contributed by atoms with Crippen LogP contribution in [0.5, 0.6) is 0 Å². The average Bonchev–Trinajstić information content (AvgIpc) is 3.18. The lowest BCUT2D eigenvalue weighted by Crippen LogP contribution is -2.57. The molecule has 3 atom stereocenters. The van der Waals surface area contributed by atoms with Crippen LogP contribution in [0.25, 0.3) is 0 Å². The number of hydrogen-bond donors (Lipinski definition) is 2. The number of nitrogens with one attached hydrogen (secondary N) is 1. The molecule has 1 amide bonds. The van der Waals surface area contributed by atoms with Gasteiger partial charge in [-0.05, 0) is 30.9 Å². The fraction of sp³-hybridized carbons (Fsp3) is 0.500. The first kappa shape index (κ1) is 17.7. The molecule has 2 aromatic rings. The zero-order valence-electron chi connectivity index (χ0n) is 15.0. The van der Waals surface area contributed by atoms with Crippen molar-refractivity contribution in [1.29, 1.82) is 0 Å². The minimum Gasteiger partial charge on any atom is -0.385 e. The van der Waals surface area contributed by atoms with Gasteiger partial charge >= 0.3 is 0 Å². The molecule has 134 valence electrons. The number of amides is 1. The standard InChI is InChI=1S/C20H27N3O2/c1-3-8-16-18(4-2)23(19(24)17-11-13-21-22-17)14-12-20(16,25)15-9-6-5-7-10-15/h5-7,9-11,13,16,18,25H,3-4,8,12,14H2,1-2H3,(H,21,22)/t16-,18+,20-/m1/s1. The van der Waals surface area contributed by atoms with Crippen LogP contribution in [-0.2, 0) is 5.60 Å². The van der Waals surface area contributed by atoms with Crippen LogP contribution in [0.1, 0.15) is 55.6 Å². The van der Waals surface area contributed by atoms with E-state index < -0.39 is 5.60 Å². The number of hydrogen-bond acceptors (Lipinski definition) is 3. The maximum atomic E-state index is 12.9. The SMILES string of the molecule is CCC[C@@H]1[C@H](CC)N(C(=O)c2ccn[nH]2)CC[C@@]1(O)c1ccccc1. The number of aromatic nitrogens is 2. The van der Waals surface area contributed by atoms with Gasteiger partial charge in [-0.2, -0.15) is 5.10 Å². The van der Waals surface area contributed by atoms with E-state index in [1.807, 2.05) is 35.2 Å². The highest BCUT2D eigenvalue weighted by Gasteiger charge is 2.48. The van der Waals surface area contributed by atoms with Crippen molar-refractivity contribution in [1.82, 2.24) is 15.1 Å². The summed E-state index contributed by atoms with van der Waals surface area (Å²) in [5.74, 6) is -0.00825. The number of benzene rings is 1. The van der Waals surface area contributed by atoms with E-state index in [-0.39, 0.29) is 17.9 Å². The Morgan fingerprint density at radius 3 is 2.68 bits per heavy atom. The van der Waals surface area contributed by atoms with Gasteiger partial charge in [0.2, 0.25) is 0 Å². The number of H-pyrrole nitrogens is 1. The molecule has 2 heterocycles. The number of nitrogens with zero attached hydrogens (tertiary/aromatic N) is 2. The summed E-state index contributed by atoms with van der Waals surface area (Å²) in [4.78, 5) is 14.8. The molecule has 0 spiro atoms. The normalized spacial score (nSPS) is 26.6. The van der Waals surface area contributed by atoms with E-state index in [9.17, 15) is 9.90 Å². The van der Waals surface area contributed by atoms with Gasteiger partial charge in [-0.3, -0.25) is 9.89 Å². The highest BCUT2D eigenvalue weighted by Crippen LogP contribution is 2.44. The average molecular weight is 341 g/mol. The van der Waals surface area contributed by atoms with Crippen LogP contribution in [0.3, 0.4) is 0 Å². The van der Waals surface area contributed by atoms with Gasteiger partial charge in [0.15, 0.2) is 0 Å². The van der Waals surface area contributed by atoms with Gasteiger partial charge in [0.1, 0.15) is 5.69 Å². The van der Waals surface area contributed by atoms with Crippen LogP contribution in [0.4, 0.5) is 0 Å². The number of likely N-dealkylation sites (tertiary alicyclic amines) is 1. The van der Waals surface area contributed by atoms with Crippen LogP contribution in [0, 0.1) is 5.92 Å². The molecule has 0 saturated carbocycles. The van der Waals surface area contributed by atoms with Gasteiger partial charge < -0.3 is 10.0 Å². The molecular formula is C20H27N3O2. The molecule has 0 bridgehead atoms. The third kappa shape index (κ3) is 3.21. The highest BCUT2D eigenvalue weighted by molar-refractivity contribution is 5.92. The molecule has 1 aliphatic heterocycles. The Bertz CT molecular complexity index is 686. The number of carbonyl (C=O) groups excluding carboxylic acids is 1. The van der Waals surface area contributed by atoms with Crippen LogP contribution >= 0.6 is 0 Å². The number of rotatable bonds is 5. The van der Waals surface area contributed by atoms with Gasteiger partial charge in [-0.15, -0.1) is 0 Å². The van der Waals surface area contributed by atoms with Crippen molar-refractivity contribution in [2.75, 3.05) is 6.54 Å². The first-order chi connectivity index (χ1) is 12.1. The van der Waals surface area contributed by atoms with Crippen molar-refractivity contribution in [2.45, 2.75) is 51.2 Å². The van der Waals surface area contributed by atoms with Crippen LogP contribution in [0.15, 0.2) is 42.6 Å². The van der Waals surface area contributed by atoms with Crippen LogP contribution in [0.2, 0.25) is 0 Å². The summed E-state index contributed by atoms with van der Waals surface area (Å²) in [7, 11) is 0. The zero-order valence-corrected chi connectivity index (χ0v) is 15.0. The minimum atomic E-state index is -0.886. The van der Waals surface area contributed by atoms with Gasteiger partial charge in [0.25, 0.3) is 5.91 Å². The number of aromatic amines is 1. The van der Waals surface area contributed by atoms with Crippen LogP contribution < -0.4 is 0 Å². The third-order valence-corrected chi connectivity index (χ3v) is 5.50. The molecule has 25 heavy (non-hydrogen) atoms. The molecule has 3 rings (SSSR count). The largest absolute Gasteiger partial charge is 0.385 e. The lowest BCUT2D eigenvalue weighted by Gasteiger charge is -2.50. The maximum absolute atomic E-state index is 12.9. The fourth-order valence-electron chi connectivity index (χ4n) is 4.29. The molecule has 2 N–H and O–H groups in total. The summed E-state index contributed by atoms with van der Waals surface area (Å²) < 4.78 is 0. The molecule has 1 aliphatic rings. The monoisotopic (exact) mass is 341 g/mol. The van der Waals surface area contributed by atoms with E-state index in [2.05, 4.69) is 24.0 Å². The predicted octanol–water partition coefficient (Wildman–Crippen LogP) is 3.34. The molecule has 0 unspecified atom stereocenters. The van der Waals surface area contributed by atoms with Gasteiger partial charge in [-0.25, -0.2) is 0 Å². The molecule has 1 aromatic carbocycles. The molecule has 0 radical (unpaired) electrons. The third-order valence-electron chi connectivity index (χ3n) is 5.50. The van der Waals surface area contributed by atoms with Crippen molar-refractivity contribution in [3.63, 3.8) is 0 Å². The number of carbonyl (C=O) groups is 1. The lowest BCUT2D eigenvalue weighted by molar-refractivity contribution is -0.101. The van der Waals surface area contributed by atoms with Gasteiger partial charge in [-0.1, -0.05) is 50.6 Å². The summed E-state index contributed by atoms with van der Waals surface area (Å²) in [6.07, 6.45) is 4.83. The molecule has 0 aliphatic carbocycles. The molecule has 5 nitrogen and oxygen atoms in total. The molecule has 5 heteroatoms. The fourth-order valence-corrected chi connectivity index (χ4v) is 4.29. The summed E-state index contributed by atoms with van der Waals surface area (Å²) in [5, 5.41) is 18.3. The Balaban J connectivity index is 1.95. The Labute approximate surface area is 149 Å². The first-order valence-electron chi connectivity index (χ1n) is 9.20. The Morgan fingerprint density at radius 2 is 2.08 bits per heavy atom. The number of aliphatic hydroxyl groups is 1. The van der Waals surface area contributed by atoms with Crippen molar-refractivity contribution in [2.24, 2.45) is 5.92 Å². The van der Waals surface area contributed by atoms with Crippen molar-refractivity contribution in [3.8, 4) is 0 Å². The summed E-state index contributed by atoms with van der Waals surface area (Å²) in [6, 6.07) is 11.6. The van der Waals surface area contributed by atoms with Crippen molar-refractivity contribution < 1.29 is 9.90 Å². The molecule has 1 fully saturated rings. The van der Waals surface area contributed by atoms with E-state index in [0.29, 0.717) is 18.7 Å². The molecule has 1 aromatic heterocycles. The second-order valence-electron chi connectivity index (χ2n) is 6.88. The van der Waals surface area contributed by atoms with E-state index in [1.54, 1.807) is 12.3 Å². The second-order valence-corrected chi connectivity index (χ2v) is 6.88. The topological polar surface area (TPSA) is 69.2 Å². The smallest absolute Gasteiger partial charge is 0.272 e. The molecular weight excluding hydrogens is 314 g/mol. The van der Waals surface area contributed by atoms with Gasteiger partial charge in [0.05, 0.1) is 5.60 Å². The minimum absolute atomic E-state index is 0.00899. The van der Waals surface area contributed by atoms with E-state index in [4.69, 9.17) is 0 Å². The Morgan fingerprint density at radius 1 is 1.32 bits per heavy atom. The summed E-state index contributed by atoms with van der Waals surface area (Å²) in [5.41, 5.74) is 0.585. The molecule has 1 saturated heterocycles. The zero-order chi connectivity index (χ0) is 17.9. The second kappa shape index (κ2) is 7.40. The maximum Gasteiger partial charge on any atom is 0.272 e. The quantitative estimate of drug-likeness (QED) is 0.876.